The standard InChI is InChI=1S/C11H11F2N3/c1-6-11(10(5-14)16-15-6)8-3-2-7(12)4-9(8)13/h2-4H,5,14H2,1H3,(H,15,16). The van der Waals surface area contributed by atoms with Gasteiger partial charge < -0.3 is 5.73 Å². The summed E-state index contributed by atoms with van der Waals surface area (Å²) in [5, 5.41) is 6.70. The van der Waals surface area contributed by atoms with Crippen molar-refractivity contribution >= 4 is 0 Å². The molecule has 0 aliphatic rings. The van der Waals surface area contributed by atoms with Gasteiger partial charge in [-0.3, -0.25) is 5.10 Å². The van der Waals surface area contributed by atoms with Gasteiger partial charge in [0.15, 0.2) is 0 Å². The van der Waals surface area contributed by atoms with E-state index in [9.17, 15) is 8.78 Å². The lowest BCUT2D eigenvalue weighted by Crippen LogP contribution is -1.99. The van der Waals surface area contributed by atoms with Gasteiger partial charge in [-0.25, -0.2) is 8.78 Å². The van der Waals surface area contributed by atoms with Gasteiger partial charge in [-0.2, -0.15) is 5.10 Å². The lowest BCUT2D eigenvalue weighted by Gasteiger charge is -2.04. The van der Waals surface area contributed by atoms with Gasteiger partial charge in [0.05, 0.1) is 5.69 Å². The van der Waals surface area contributed by atoms with Gasteiger partial charge in [-0.15, -0.1) is 0 Å². The molecule has 3 nitrogen and oxygen atoms in total. The molecule has 3 N–H and O–H groups in total. The summed E-state index contributed by atoms with van der Waals surface area (Å²) in [6.07, 6.45) is 0. The van der Waals surface area contributed by atoms with Crippen molar-refractivity contribution in [3.63, 3.8) is 0 Å². The van der Waals surface area contributed by atoms with E-state index in [1.165, 1.54) is 12.1 Å². The highest BCUT2D eigenvalue weighted by molar-refractivity contribution is 5.69. The Labute approximate surface area is 91.3 Å². The monoisotopic (exact) mass is 223 g/mol. The third-order valence-electron chi connectivity index (χ3n) is 2.42. The van der Waals surface area contributed by atoms with Crippen molar-refractivity contribution in [3.8, 4) is 11.1 Å². The second-order valence-corrected chi connectivity index (χ2v) is 3.50. The Balaban J connectivity index is 2.62. The van der Waals surface area contributed by atoms with Crippen molar-refractivity contribution in [2.24, 2.45) is 5.73 Å². The van der Waals surface area contributed by atoms with E-state index in [2.05, 4.69) is 10.2 Å². The van der Waals surface area contributed by atoms with E-state index >= 15 is 0 Å². The van der Waals surface area contributed by atoms with Crippen LogP contribution in [0.1, 0.15) is 11.4 Å². The summed E-state index contributed by atoms with van der Waals surface area (Å²) in [5.41, 5.74) is 7.71. The van der Waals surface area contributed by atoms with E-state index in [4.69, 9.17) is 5.73 Å². The van der Waals surface area contributed by atoms with Crippen LogP contribution >= 0.6 is 0 Å². The summed E-state index contributed by atoms with van der Waals surface area (Å²) in [5.74, 6) is -1.21. The maximum Gasteiger partial charge on any atom is 0.134 e. The smallest absolute Gasteiger partial charge is 0.134 e. The molecular weight excluding hydrogens is 212 g/mol. The van der Waals surface area contributed by atoms with Crippen LogP contribution in [0.15, 0.2) is 18.2 Å². The van der Waals surface area contributed by atoms with Crippen LogP contribution in [0.3, 0.4) is 0 Å². The van der Waals surface area contributed by atoms with Crippen LogP contribution in [0, 0.1) is 18.6 Å². The molecule has 2 rings (SSSR count). The third kappa shape index (κ3) is 1.69. The summed E-state index contributed by atoms with van der Waals surface area (Å²) < 4.78 is 26.4. The van der Waals surface area contributed by atoms with Crippen LogP contribution in [0.25, 0.3) is 11.1 Å². The number of nitrogens with zero attached hydrogens (tertiary/aromatic N) is 1. The van der Waals surface area contributed by atoms with Crippen molar-refractivity contribution in [3.05, 3.63) is 41.2 Å². The number of H-pyrrole nitrogens is 1. The maximum atomic E-state index is 13.6. The third-order valence-corrected chi connectivity index (χ3v) is 2.42. The normalized spacial score (nSPS) is 10.8. The largest absolute Gasteiger partial charge is 0.325 e. The number of benzene rings is 1. The predicted molar refractivity (Wildman–Crippen MR) is 56.6 cm³/mol. The number of aromatic amines is 1. The molecule has 1 aromatic heterocycles. The summed E-state index contributed by atoms with van der Waals surface area (Å²) in [6.45, 7) is 1.97. The zero-order valence-corrected chi connectivity index (χ0v) is 8.72. The first-order valence-electron chi connectivity index (χ1n) is 4.83. The van der Waals surface area contributed by atoms with Crippen molar-refractivity contribution in [1.29, 1.82) is 0 Å². The number of nitrogens with one attached hydrogen (secondary N) is 1. The van der Waals surface area contributed by atoms with E-state index in [-0.39, 0.29) is 6.54 Å². The molecule has 0 amide bonds. The van der Waals surface area contributed by atoms with E-state index in [1.807, 2.05) is 0 Å². The highest BCUT2D eigenvalue weighted by atomic mass is 19.1. The van der Waals surface area contributed by atoms with Gasteiger partial charge in [0.25, 0.3) is 0 Å². The zero-order valence-electron chi connectivity index (χ0n) is 8.72. The van der Waals surface area contributed by atoms with Crippen molar-refractivity contribution in [1.82, 2.24) is 10.2 Å². The second-order valence-electron chi connectivity index (χ2n) is 3.50. The Morgan fingerprint density at radius 1 is 1.38 bits per heavy atom. The lowest BCUT2D eigenvalue weighted by atomic mass is 10.0. The predicted octanol–water partition coefficient (Wildman–Crippen LogP) is 2.12. The van der Waals surface area contributed by atoms with Crippen LogP contribution in [-0.2, 0) is 6.54 Å². The van der Waals surface area contributed by atoms with Gasteiger partial charge >= 0.3 is 0 Å². The van der Waals surface area contributed by atoms with Gasteiger partial charge in [0.2, 0.25) is 0 Å². The first-order valence-corrected chi connectivity index (χ1v) is 4.83. The Kier molecular flexibility index (Phi) is 2.70. The Morgan fingerprint density at radius 2 is 2.12 bits per heavy atom. The van der Waals surface area contributed by atoms with Crippen LogP contribution < -0.4 is 5.73 Å². The molecule has 0 saturated heterocycles. The van der Waals surface area contributed by atoms with Crippen molar-refractivity contribution in [2.75, 3.05) is 0 Å². The minimum absolute atomic E-state index is 0.205. The number of rotatable bonds is 2. The molecule has 0 spiro atoms. The fourth-order valence-electron chi connectivity index (χ4n) is 1.68. The van der Waals surface area contributed by atoms with Crippen LogP contribution in [0.4, 0.5) is 8.78 Å². The molecule has 84 valence electrons. The number of hydrogen-bond acceptors (Lipinski definition) is 2. The SMILES string of the molecule is Cc1[nH]nc(CN)c1-c1ccc(F)cc1F. The van der Waals surface area contributed by atoms with Crippen LogP contribution in [-0.4, -0.2) is 10.2 Å². The molecule has 2 aromatic rings. The fourth-order valence-corrected chi connectivity index (χ4v) is 1.68. The Bertz CT molecular complexity index is 520. The van der Waals surface area contributed by atoms with E-state index in [0.717, 1.165) is 6.07 Å². The summed E-state index contributed by atoms with van der Waals surface area (Å²) in [6, 6.07) is 3.45. The van der Waals surface area contributed by atoms with Gasteiger partial charge in [-0.1, -0.05) is 0 Å². The number of halogens is 2. The number of hydrogen-bond donors (Lipinski definition) is 2. The molecule has 1 heterocycles. The number of aryl methyl sites for hydroxylation is 1. The van der Waals surface area contributed by atoms with Gasteiger partial charge in [0, 0.05) is 29.4 Å². The van der Waals surface area contributed by atoms with E-state index < -0.39 is 11.6 Å². The molecule has 0 aliphatic heterocycles. The summed E-state index contributed by atoms with van der Waals surface area (Å²) in [4.78, 5) is 0. The molecule has 0 aliphatic carbocycles. The molecule has 1 aromatic carbocycles. The van der Waals surface area contributed by atoms with Crippen molar-refractivity contribution < 1.29 is 8.78 Å². The molecule has 0 radical (unpaired) electrons. The molecule has 5 heteroatoms. The van der Waals surface area contributed by atoms with Crippen LogP contribution in [0.5, 0.6) is 0 Å². The minimum atomic E-state index is -0.612. The van der Waals surface area contributed by atoms with Crippen molar-refractivity contribution in [2.45, 2.75) is 13.5 Å². The van der Waals surface area contributed by atoms with Gasteiger partial charge in [-0.05, 0) is 19.1 Å². The first kappa shape index (κ1) is 10.8. The van der Waals surface area contributed by atoms with Gasteiger partial charge in [0.1, 0.15) is 11.6 Å². The molecule has 0 saturated carbocycles. The summed E-state index contributed by atoms with van der Waals surface area (Å²) in [7, 11) is 0. The van der Waals surface area contributed by atoms with E-state index in [0.29, 0.717) is 22.5 Å². The number of nitrogens with two attached hydrogens (primary N) is 1. The molecule has 0 bridgehead atoms. The maximum absolute atomic E-state index is 13.6. The fraction of sp³-hybridized carbons (Fsp3) is 0.182. The summed E-state index contributed by atoms with van der Waals surface area (Å²) >= 11 is 0. The minimum Gasteiger partial charge on any atom is -0.325 e. The average Bonchev–Trinajstić information content (AvgIpc) is 2.60. The highest BCUT2D eigenvalue weighted by Gasteiger charge is 2.15. The quantitative estimate of drug-likeness (QED) is 0.819. The molecule has 0 fully saturated rings. The molecule has 16 heavy (non-hydrogen) atoms. The molecular formula is C11H11F2N3. The van der Waals surface area contributed by atoms with Crippen LogP contribution in [0.2, 0.25) is 0 Å². The Hall–Kier alpha value is -1.75. The number of aromatic nitrogens is 2. The highest BCUT2D eigenvalue weighted by Crippen LogP contribution is 2.28. The topological polar surface area (TPSA) is 54.7 Å². The molecule has 0 unspecified atom stereocenters. The second kappa shape index (κ2) is 4.02. The Morgan fingerprint density at radius 3 is 2.75 bits per heavy atom. The average molecular weight is 223 g/mol. The first-order chi connectivity index (χ1) is 7.63. The lowest BCUT2D eigenvalue weighted by molar-refractivity contribution is 0.585. The van der Waals surface area contributed by atoms with E-state index in [1.54, 1.807) is 6.92 Å². The molecule has 0 atom stereocenters. The zero-order chi connectivity index (χ0) is 11.7.